The van der Waals surface area contributed by atoms with Crippen LogP contribution in [0.3, 0.4) is 0 Å². The number of thioether (sulfide) groups is 1. The monoisotopic (exact) mass is 428 g/mol. The van der Waals surface area contributed by atoms with Crippen LogP contribution in [0.1, 0.15) is 44.3 Å². The van der Waals surface area contributed by atoms with Crippen LogP contribution in [0.5, 0.6) is 0 Å². The average molecular weight is 429 g/mol. The van der Waals surface area contributed by atoms with E-state index >= 15 is 0 Å². The fourth-order valence-corrected chi connectivity index (χ4v) is 5.29. The smallest absolute Gasteiger partial charge is 0.260 e. The molecule has 0 unspecified atom stereocenters. The van der Waals surface area contributed by atoms with Gasteiger partial charge < -0.3 is 15.6 Å². The number of piperidine rings is 1. The van der Waals surface area contributed by atoms with Crippen LogP contribution >= 0.6 is 35.8 Å². The number of benzene rings is 1. The highest BCUT2D eigenvalue weighted by Gasteiger charge is 2.17. The normalized spacial score (nSPS) is 18.6. The van der Waals surface area contributed by atoms with Gasteiger partial charge in [-0.1, -0.05) is 24.4 Å². The molecule has 2 heterocycles. The van der Waals surface area contributed by atoms with Crippen molar-refractivity contribution in [1.82, 2.24) is 15.3 Å². The fourth-order valence-electron chi connectivity index (χ4n) is 3.89. The molecule has 1 aliphatic heterocycles. The van der Waals surface area contributed by atoms with Crippen LogP contribution in [0, 0.1) is 0 Å². The van der Waals surface area contributed by atoms with E-state index in [0.29, 0.717) is 27.2 Å². The summed E-state index contributed by atoms with van der Waals surface area (Å²) in [5.41, 5.74) is 1.50. The van der Waals surface area contributed by atoms with Gasteiger partial charge >= 0.3 is 0 Å². The molecule has 8 heteroatoms. The summed E-state index contributed by atoms with van der Waals surface area (Å²) in [6.07, 6.45) is 7.27. The summed E-state index contributed by atoms with van der Waals surface area (Å²) in [4.78, 5) is 20.1. The number of aromatic nitrogens is 2. The molecule has 0 bridgehead atoms. The lowest BCUT2D eigenvalue weighted by Gasteiger charge is -2.21. The summed E-state index contributed by atoms with van der Waals surface area (Å²) in [6.45, 7) is 2.15. The molecular weight excluding hydrogens is 403 g/mol. The summed E-state index contributed by atoms with van der Waals surface area (Å²) in [5.74, 6) is 1.47. The Hall–Kier alpha value is -0.950. The zero-order valence-electron chi connectivity index (χ0n) is 15.2. The highest BCUT2D eigenvalue weighted by atomic mass is 35.5. The fraction of sp³-hybridized carbons (Fsp3) is 0.579. The molecule has 0 spiro atoms. The van der Waals surface area contributed by atoms with E-state index in [1.807, 2.05) is 23.9 Å². The third-order valence-corrected chi connectivity index (χ3v) is 6.96. The number of rotatable bonds is 5. The Labute approximate surface area is 174 Å². The lowest BCUT2D eigenvalue weighted by molar-refractivity contribution is 0.531. The highest BCUT2D eigenvalue weighted by Crippen LogP contribution is 2.29. The van der Waals surface area contributed by atoms with Gasteiger partial charge in [-0.2, -0.15) is 11.8 Å². The number of nitrogens with zero attached hydrogens (tertiary/aromatic N) is 1. The number of hydrogen-bond acceptors (Lipinski definition) is 5. The van der Waals surface area contributed by atoms with Gasteiger partial charge in [-0.25, -0.2) is 4.98 Å². The molecule has 1 saturated heterocycles. The van der Waals surface area contributed by atoms with Crippen LogP contribution in [0.25, 0.3) is 10.9 Å². The minimum Gasteiger partial charge on any atom is -0.382 e. The molecule has 2 aliphatic rings. The Balaban J connectivity index is 0.00000210. The SMILES string of the molecule is Cl.O=c1[nH]c(CSC2CCNCC2)nc2cc(NC3CCCC3)cc(Cl)c12. The van der Waals surface area contributed by atoms with Gasteiger partial charge in [0, 0.05) is 17.0 Å². The van der Waals surface area contributed by atoms with E-state index in [1.54, 1.807) is 0 Å². The summed E-state index contributed by atoms with van der Waals surface area (Å²) in [5, 5.41) is 8.52. The first-order valence-electron chi connectivity index (χ1n) is 9.50. The van der Waals surface area contributed by atoms with Gasteiger partial charge in [0.2, 0.25) is 0 Å². The maximum absolute atomic E-state index is 12.5. The van der Waals surface area contributed by atoms with Crippen molar-refractivity contribution in [2.24, 2.45) is 0 Å². The summed E-state index contributed by atoms with van der Waals surface area (Å²) < 4.78 is 0. The maximum Gasteiger partial charge on any atom is 0.260 e. The molecule has 1 aromatic carbocycles. The number of fused-ring (bicyclic) bond motifs is 1. The Morgan fingerprint density at radius 2 is 1.93 bits per heavy atom. The van der Waals surface area contributed by atoms with E-state index in [4.69, 9.17) is 16.6 Å². The largest absolute Gasteiger partial charge is 0.382 e. The summed E-state index contributed by atoms with van der Waals surface area (Å²) >= 11 is 8.27. The first-order valence-corrected chi connectivity index (χ1v) is 10.9. The molecule has 0 radical (unpaired) electrons. The van der Waals surface area contributed by atoms with Crippen molar-refractivity contribution in [1.29, 1.82) is 0 Å². The highest BCUT2D eigenvalue weighted by molar-refractivity contribution is 7.99. The third kappa shape index (κ3) is 5.11. The van der Waals surface area contributed by atoms with Gasteiger partial charge in [-0.05, 0) is 50.9 Å². The Bertz CT molecular complexity index is 832. The van der Waals surface area contributed by atoms with Gasteiger partial charge in [0.25, 0.3) is 5.56 Å². The van der Waals surface area contributed by atoms with Crippen LogP contribution in [-0.2, 0) is 5.75 Å². The lowest BCUT2D eigenvalue weighted by Crippen LogP contribution is -2.29. The molecule has 2 fully saturated rings. The van der Waals surface area contributed by atoms with Crippen LogP contribution in [0.4, 0.5) is 5.69 Å². The third-order valence-electron chi connectivity index (χ3n) is 5.28. The zero-order chi connectivity index (χ0) is 17.9. The Morgan fingerprint density at radius 3 is 2.67 bits per heavy atom. The van der Waals surface area contributed by atoms with E-state index in [1.165, 1.54) is 38.5 Å². The number of hydrogen-bond donors (Lipinski definition) is 3. The van der Waals surface area contributed by atoms with E-state index in [9.17, 15) is 4.79 Å². The minimum atomic E-state index is -0.145. The lowest BCUT2D eigenvalue weighted by atomic mass is 10.2. The summed E-state index contributed by atoms with van der Waals surface area (Å²) in [6, 6.07) is 4.32. The second-order valence-corrected chi connectivity index (χ2v) is 8.95. The molecule has 4 rings (SSSR count). The van der Waals surface area contributed by atoms with Crippen molar-refractivity contribution in [3.8, 4) is 0 Å². The topological polar surface area (TPSA) is 69.8 Å². The van der Waals surface area contributed by atoms with Crippen molar-refractivity contribution in [3.63, 3.8) is 0 Å². The first kappa shape index (κ1) is 20.8. The maximum atomic E-state index is 12.5. The molecule has 27 heavy (non-hydrogen) atoms. The summed E-state index contributed by atoms with van der Waals surface area (Å²) in [7, 11) is 0. The Morgan fingerprint density at radius 1 is 1.19 bits per heavy atom. The molecule has 3 N–H and O–H groups in total. The molecule has 148 valence electrons. The number of nitrogens with one attached hydrogen (secondary N) is 3. The molecule has 1 aliphatic carbocycles. The van der Waals surface area contributed by atoms with Crippen LogP contribution in [0.15, 0.2) is 16.9 Å². The second kappa shape index (κ2) is 9.50. The van der Waals surface area contributed by atoms with Gasteiger partial charge in [0.1, 0.15) is 5.82 Å². The van der Waals surface area contributed by atoms with Gasteiger partial charge in [0.05, 0.1) is 21.7 Å². The molecule has 1 saturated carbocycles. The van der Waals surface area contributed by atoms with E-state index < -0.39 is 0 Å². The van der Waals surface area contributed by atoms with Crippen LogP contribution in [-0.4, -0.2) is 34.3 Å². The van der Waals surface area contributed by atoms with Crippen LogP contribution < -0.4 is 16.2 Å². The molecule has 1 aromatic heterocycles. The van der Waals surface area contributed by atoms with Crippen molar-refractivity contribution in [2.75, 3.05) is 18.4 Å². The van der Waals surface area contributed by atoms with E-state index in [2.05, 4.69) is 15.6 Å². The average Bonchev–Trinajstić information content (AvgIpc) is 3.13. The minimum absolute atomic E-state index is 0. The van der Waals surface area contributed by atoms with Gasteiger partial charge in [-0.3, -0.25) is 4.79 Å². The number of anilines is 1. The number of aromatic amines is 1. The van der Waals surface area contributed by atoms with Crippen molar-refractivity contribution < 1.29 is 0 Å². The van der Waals surface area contributed by atoms with E-state index in [-0.39, 0.29) is 18.0 Å². The number of H-pyrrole nitrogens is 1. The van der Waals surface area contributed by atoms with Crippen molar-refractivity contribution in [2.45, 2.75) is 55.6 Å². The van der Waals surface area contributed by atoms with Crippen molar-refractivity contribution in [3.05, 3.63) is 33.3 Å². The second-order valence-electron chi connectivity index (χ2n) is 7.25. The van der Waals surface area contributed by atoms with Gasteiger partial charge in [-0.15, -0.1) is 12.4 Å². The molecule has 5 nitrogen and oxygen atoms in total. The predicted molar refractivity (Wildman–Crippen MR) is 118 cm³/mol. The molecule has 0 amide bonds. The van der Waals surface area contributed by atoms with E-state index in [0.717, 1.165) is 30.4 Å². The molecule has 0 atom stereocenters. The quantitative estimate of drug-likeness (QED) is 0.660. The van der Waals surface area contributed by atoms with Crippen molar-refractivity contribution >= 4 is 52.4 Å². The zero-order valence-corrected chi connectivity index (χ0v) is 17.6. The first-order chi connectivity index (χ1) is 12.7. The predicted octanol–water partition coefficient (Wildman–Crippen LogP) is 4.34. The number of halogens is 2. The standard InChI is InChI=1S/C19H25ClN4OS.ClH/c20-15-9-13(22-12-3-1-2-4-12)10-16-18(15)19(25)24-17(23-16)11-26-14-5-7-21-8-6-14;/h9-10,12,14,21-22H,1-8,11H2,(H,23,24,25);1H. The van der Waals surface area contributed by atoms with Crippen LogP contribution in [0.2, 0.25) is 5.02 Å². The molecular formula is C19H26Cl2N4OS. The molecule has 2 aromatic rings. The Kier molecular flexibility index (Phi) is 7.31. The van der Waals surface area contributed by atoms with Gasteiger partial charge in [0.15, 0.2) is 0 Å².